The van der Waals surface area contributed by atoms with Crippen molar-refractivity contribution in [1.29, 1.82) is 0 Å². The summed E-state index contributed by atoms with van der Waals surface area (Å²) in [6.07, 6.45) is 1.38. The second-order valence-electron chi connectivity index (χ2n) is 18.4. The molecule has 7 aromatic carbocycles. The zero-order chi connectivity index (χ0) is 59.3. The Hall–Kier alpha value is -6.35. The second kappa shape index (κ2) is 17.8. The Balaban J connectivity index is 0.00000880. The smallest absolute Gasteiger partial charge is 0.148 e. The molecule has 0 aliphatic heterocycles. The third-order valence-corrected chi connectivity index (χ3v) is 11.7. The molecule has 0 amide bonds. The van der Waals surface area contributed by atoms with Crippen molar-refractivity contribution in [2.45, 2.75) is 85.2 Å². The van der Waals surface area contributed by atoms with E-state index in [-0.39, 0.29) is 54.6 Å². The number of hydrogen-bond acceptors (Lipinski definition) is 3. The first-order chi connectivity index (χ1) is 37.6. The van der Waals surface area contributed by atoms with E-state index in [1.54, 1.807) is 30.3 Å². The molecule has 334 valence electrons. The zero-order valence-electron chi connectivity index (χ0n) is 53.4. The Kier molecular flexibility index (Phi) is 8.10. The Bertz CT molecular complexity index is 3840. The molecule has 2 aromatic heterocycles. The fourth-order valence-electron chi connectivity index (χ4n) is 8.08. The molecule has 0 aliphatic rings. The number of aromatic nitrogens is 3. The van der Waals surface area contributed by atoms with Gasteiger partial charge in [0, 0.05) is 55.0 Å². The third-order valence-electron chi connectivity index (χ3n) is 11.7. The van der Waals surface area contributed by atoms with Crippen molar-refractivity contribution in [2.75, 3.05) is 0 Å². The fraction of sp³-hybridized carbons (Fsp3) is 0.213. The normalized spacial score (nSPS) is 16.3. The Labute approximate surface area is 428 Å². The Morgan fingerprint density at radius 3 is 1.91 bits per heavy atom. The molecule has 66 heavy (non-hydrogen) atoms. The van der Waals surface area contributed by atoms with E-state index in [0.717, 1.165) is 22.3 Å². The summed E-state index contributed by atoms with van der Waals surface area (Å²) in [7, 11) is 0. The molecule has 2 heterocycles. The van der Waals surface area contributed by atoms with E-state index in [9.17, 15) is 5.11 Å². The topological polar surface area (TPSA) is 50.9 Å². The van der Waals surface area contributed by atoms with Crippen molar-refractivity contribution in [2.24, 2.45) is 0 Å². The fourth-order valence-corrected chi connectivity index (χ4v) is 8.08. The molecule has 5 heteroatoms. The number of phenols is 1. The van der Waals surface area contributed by atoms with Crippen LogP contribution in [0, 0.1) is 12.9 Å². The maximum absolute atomic E-state index is 11.6. The molecule has 0 radical (unpaired) electrons. The van der Waals surface area contributed by atoms with E-state index < -0.39 is 68.0 Å². The summed E-state index contributed by atoms with van der Waals surface area (Å²) < 4.78 is 139. The predicted molar refractivity (Wildman–Crippen MR) is 273 cm³/mol. The third kappa shape index (κ3) is 9.09. The largest absolute Gasteiger partial charge is 0.507 e. The molecule has 0 aliphatic carbocycles. The number of nitrogens with zero attached hydrogens (tertiary/aromatic N) is 3. The molecular weight excluding hydrogens is 986 g/mol. The number of aromatic hydroxyl groups is 1. The van der Waals surface area contributed by atoms with Crippen LogP contribution in [0.25, 0.3) is 83.9 Å². The molecule has 1 N–H and O–H groups in total. The van der Waals surface area contributed by atoms with Crippen LogP contribution in [0.5, 0.6) is 5.75 Å². The van der Waals surface area contributed by atoms with Crippen LogP contribution >= 0.6 is 0 Å². The van der Waals surface area contributed by atoms with Gasteiger partial charge in [-0.05, 0) is 104 Å². The predicted octanol–water partition coefficient (Wildman–Crippen LogP) is 16.1. The average molecular weight is 1060 g/mol. The van der Waals surface area contributed by atoms with Crippen molar-refractivity contribution >= 4 is 11.0 Å². The summed E-state index contributed by atoms with van der Waals surface area (Å²) in [5, 5.41) is 11.6. The number of fused-ring (bicyclic) bond motifs is 1. The molecule has 9 rings (SSSR count). The van der Waals surface area contributed by atoms with Crippen LogP contribution in [-0.4, -0.2) is 19.6 Å². The number of para-hydroxylation sites is 2. The van der Waals surface area contributed by atoms with E-state index in [0.29, 0.717) is 55.9 Å². The molecule has 0 bridgehead atoms. The van der Waals surface area contributed by atoms with Crippen molar-refractivity contribution in [3.05, 3.63) is 192 Å². The van der Waals surface area contributed by atoms with Gasteiger partial charge in [-0.25, -0.2) is 4.98 Å². The summed E-state index contributed by atoms with van der Waals surface area (Å²) in [6, 6.07) is 39.9. The minimum absolute atomic E-state index is 0. The molecule has 0 fully saturated rings. The number of benzene rings is 7. The first-order valence-corrected chi connectivity index (χ1v) is 21.4. The average Bonchev–Trinajstić information content (AvgIpc) is 3.94. The number of phenolic OH excluding ortho intramolecular Hbond substituents is 1. The second-order valence-corrected chi connectivity index (χ2v) is 18.4. The van der Waals surface area contributed by atoms with Crippen LogP contribution < -0.4 is 0 Å². The monoisotopic (exact) mass is 1060 g/mol. The maximum atomic E-state index is 11.6. The summed E-state index contributed by atoms with van der Waals surface area (Å²) in [4.78, 5) is 10.0. The van der Waals surface area contributed by atoms with Gasteiger partial charge in [-0.15, -0.1) is 29.3 Å². The van der Waals surface area contributed by atoms with Gasteiger partial charge in [0.05, 0.1) is 27.8 Å². The van der Waals surface area contributed by atoms with Gasteiger partial charge in [0.25, 0.3) is 0 Å². The first-order valence-electron chi connectivity index (χ1n) is 29.4. The quantitative estimate of drug-likeness (QED) is 0.162. The summed E-state index contributed by atoms with van der Waals surface area (Å²) in [5.74, 6) is 0.244. The Morgan fingerprint density at radius 2 is 1.23 bits per heavy atom. The van der Waals surface area contributed by atoms with Crippen molar-refractivity contribution in [3.63, 3.8) is 0 Å². The van der Waals surface area contributed by atoms with E-state index in [2.05, 4.69) is 31.8 Å². The van der Waals surface area contributed by atoms with Gasteiger partial charge >= 0.3 is 0 Å². The minimum Gasteiger partial charge on any atom is -0.507 e. The van der Waals surface area contributed by atoms with Gasteiger partial charge in [-0.2, -0.15) is 0 Å². The molecule has 4 nitrogen and oxygen atoms in total. The van der Waals surface area contributed by atoms with Crippen LogP contribution in [0.4, 0.5) is 0 Å². The number of imidazole rings is 1. The van der Waals surface area contributed by atoms with Gasteiger partial charge in [-0.1, -0.05) is 182 Å². The molecule has 0 saturated heterocycles. The van der Waals surface area contributed by atoms with Crippen LogP contribution in [0.2, 0.25) is 0 Å². The van der Waals surface area contributed by atoms with Gasteiger partial charge in [0.1, 0.15) is 11.6 Å². The molecule has 0 atom stereocenters. The van der Waals surface area contributed by atoms with E-state index >= 15 is 0 Å². The minimum atomic E-state index is -3.84. The number of pyridine rings is 1. The Morgan fingerprint density at radius 1 is 0.561 bits per heavy atom. The van der Waals surface area contributed by atoms with Crippen molar-refractivity contribution in [1.82, 2.24) is 14.5 Å². The van der Waals surface area contributed by atoms with Crippen LogP contribution in [0.1, 0.15) is 106 Å². The maximum Gasteiger partial charge on any atom is 0.148 e. The number of rotatable bonds is 7. The summed E-state index contributed by atoms with van der Waals surface area (Å²) in [6.45, 7) is -1.69. The summed E-state index contributed by atoms with van der Waals surface area (Å²) in [5.41, 5.74) is 2.48. The standard InChI is InChI=1S/C61H58N3O.Pt/c1-39-33-55(52(41-17-12-11-13-18-41)38-51(39)42-25-29-47(30-26-42)60(5,6)7)64-54-21-16-20-49(57(54)63-58(64)50-19-14-15-22-56(50)65)44-34-45(36-48(35-44)61(8,9)10)53-37-43(31-32-62-53)40-23-27-46(28-24-40)59(2,3)4;/h11-33,35-38,65H,1-10H3;/q-1;/i1D3,2D3,3D3,4D3,23D,24D,27D,28D;. The van der Waals surface area contributed by atoms with Gasteiger partial charge < -0.3 is 5.11 Å². The first kappa shape index (κ1) is 30.0. The van der Waals surface area contributed by atoms with E-state index in [4.69, 9.17) is 26.9 Å². The van der Waals surface area contributed by atoms with Gasteiger partial charge in [0.15, 0.2) is 0 Å². The SMILES string of the molecule is [2H]c1c([2H])c(C(C([2H])([2H])[2H])(C([2H])([2H])[2H])C([2H])([2H])[2H])c([2H])c([2H])c1-c1ccnc(-c2[c-]c(-c3cccc4c3nc(-c3ccccc3O)n4-c3cc(C([2H])([2H])[2H])c(-c4ccc(C(C)(C)C)cc4)cc3-c3ccccc3)cc(C(C)(C)C)c2)c1.[Pt]. The zero-order valence-corrected chi connectivity index (χ0v) is 39.7. The van der Waals surface area contributed by atoms with Crippen molar-refractivity contribution < 1.29 is 48.1 Å². The molecule has 9 aromatic rings. The van der Waals surface area contributed by atoms with E-state index in [1.165, 1.54) is 18.3 Å². The molecule has 0 unspecified atom stereocenters. The molecule has 0 saturated carbocycles. The van der Waals surface area contributed by atoms with E-state index in [1.807, 2.05) is 116 Å². The number of hydrogen-bond donors (Lipinski definition) is 1. The number of aryl methyl sites for hydroxylation is 1. The molecule has 0 spiro atoms. The van der Waals surface area contributed by atoms with Gasteiger partial charge in [0.2, 0.25) is 0 Å². The van der Waals surface area contributed by atoms with Crippen LogP contribution in [0.15, 0.2) is 164 Å². The summed E-state index contributed by atoms with van der Waals surface area (Å²) >= 11 is 0. The van der Waals surface area contributed by atoms with Crippen LogP contribution in [0.3, 0.4) is 0 Å². The van der Waals surface area contributed by atoms with Crippen molar-refractivity contribution in [3.8, 4) is 78.6 Å². The van der Waals surface area contributed by atoms with Crippen LogP contribution in [-0.2, 0) is 37.3 Å². The molecular formula is C61H58N3OPt-. The van der Waals surface area contributed by atoms with Gasteiger partial charge in [-0.3, -0.25) is 9.55 Å².